The van der Waals surface area contributed by atoms with Gasteiger partial charge in [-0.25, -0.2) is 5.01 Å². The maximum absolute atomic E-state index is 5.92. The van der Waals surface area contributed by atoms with Gasteiger partial charge < -0.3 is 4.74 Å². The molecule has 2 N–H and O–H groups in total. The number of ether oxygens (including phenoxy) is 1. The van der Waals surface area contributed by atoms with Crippen molar-refractivity contribution in [3.05, 3.63) is 0 Å². The van der Waals surface area contributed by atoms with Crippen molar-refractivity contribution in [3.8, 4) is 0 Å². The summed E-state index contributed by atoms with van der Waals surface area (Å²) >= 11 is 0. The van der Waals surface area contributed by atoms with E-state index in [-0.39, 0.29) is 0 Å². The second kappa shape index (κ2) is 6.38. The second-order valence-corrected chi connectivity index (χ2v) is 4.33. The average molecular weight is 200 g/mol. The van der Waals surface area contributed by atoms with E-state index in [1.54, 1.807) is 0 Å². The molecule has 0 aromatic rings. The number of hydrogen-bond acceptors (Lipinski definition) is 3. The Labute approximate surface area is 87.6 Å². The van der Waals surface area contributed by atoms with Crippen molar-refractivity contribution >= 4 is 0 Å². The van der Waals surface area contributed by atoms with Gasteiger partial charge in [0.2, 0.25) is 0 Å². The first-order valence-electron chi connectivity index (χ1n) is 5.87. The first kappa shape index (κ1) is 12.0. The van der Waals surface area contributed by atoms with Gasteiger partial charge in [-0.1, -0.05) is 33.1 Å². The van der Waals surface area contributed by atoms with Crippen LogP contribution in [0.2, 0.25) is 0 Å². The summed E-state index contributed by atoms with van der Waals surface area (Å²) in [6.45, 7) is 7.32. The zero-order chi connectivity index (χ0) is 10.4. The number of hydrogen-bond donors (Lipinski definition) is 1. The summed E-state index contributed by atoms with van der Waals surface area (Å²) in [7, 11) is 0. The molecule has 0 radical (unpaired) electrons. The molecule has 84 valence electrons. The molecule has 2 unspecified atom stereocenters. The van der Waals surface area contributed by atoms with Gasteiger partial charge in [-0.2, -0.15) is 0 Å². The van der Waals surface area contributed by atoms with E-state index in [2.05, 4.69) is 13.8 Å². The van der Waals surface area contributed by atoms with Gasteiger partial charge in [-0.05, 0) is 12.3 Å². The van der Waals surface area contributed by atoms with E-state index in [0.717, 1.165) is 25.6 Å². The number of rotatable bonds is 8. The summed E-state index contributed by atoms with van der Waals surface area (Å²) < 4.78 is 5.15. The average Bonchev–Trinajstić information content (AvgIpc) is 2.95. The normalized spacial score (nSPS) is 22.7. The van der Waals surface area contributed by atoms with Crippen LogP contribution < -0.4 is 5.84 Å². The first-order chi connectivity index (χ1) is 6.76. The van der Waals surface area contributed by atoms with Crippen molar-refractivity contribution in [2.75, 3.05) is 19.7 Å². The van der Waals surface area contributed by atoms with Gasteiger partial charge in [0.25, 0.3) is 0 Å². The van der Waals surface area contributed by atoms with E-state index < -0.39 is 0 Å². The van der Waals surface area contributed by atoms with Crippen molar-refractivity contribution in [1.82, 2.24) is 5.01 Å². The molecule has 2 atom stereocenters. The fourth-order valence-electron chi connectivity index (χ4n) is 1.76. The third kappa shape index (κ3) is 4.94. The van der Waals surface area contributed by atoms with Gasteiger partial charge in [0.15, 0.2) is 0 Å². The third-order valence-electron chi connectivity index (χ3n) is 2.88. The highest BCUT2D eigenvalue weighted by Gasteiger charge is 2.24. The van der Waals surface area contributed by atoms with Crippen LogP contribution in [0.15, 0.2) is 0 Å². The summed E-state index contributed by atoms with van der Waals surface area (Å²) in [6, 6.07) is 0. The molecule has 14 heavy (non-hydrogen) atoms. The summed E-state index contributed by atoms with van der Waals surface area (Å²) in [4.78, 5) is 0. The zero-order valence-electron chi connectivity index (χ0n) is 9.54. The van der Waals surface area contributed by atoms with Gasteiger partial charge in [-0.15, -0.1) is 0 Å². The topological polar surface area (TPSA) is 41.8 Å². The Hall–Kier alpha value is -0.120. The van der Waals surface area contributed by atoms with Gasteiger partial charge >= 0.3 is 0 Å². The Morgan fingerprint density at radius 3 is 2.71 bits per heavy atom. The predicted octanol–water partition coefficient (Wildman–Crippen LogP) is 1.78. The zero-order valence-corrected chi connectivity index (χ0v) is 9.54. The van der Waals surface area contributed by atoms with Crippen LogP contribution >= 0.6 is 0 Å². The second-order valence-electron chi connectivity index (χ2n) is 4.33. The molecule has 3 heteroatoms. The summed E-state index contributed by atoms with van der Waals surface area (Å²) in [5, 5.41) is 1.93. The Balaban J connectivity index is 2.09. The lowest BCUT2D eigenvalue weighted by Crippen LogP contribution is -2.38. The minimum absolute atomic E-state index is 0.420. The van der Waals surface area contributed by atoms with Crippen LogP contribution in [0.1, 0.15) is 39.5 Å². The number of unbranched alkanes of at least 4 members (excludes halogenated alkanes) is 1. The highest BCUT2D eigenvalue weighted by atomic mass is 16.6. The van der Waals surface area contributed by atoms with Crippen molar-refractivity contribution < 1.29 is 4.74 Å². The molecule has 1 saturated heterocycles. The van der Waals surface area contributed by atoms with E-state index in [0.29, 0.717) is 6.10 Å². The van der Waals surface area contributed by atoms with Gasteiger partial charge in [0.05, 0.1) is 12.7 Å². The third-order valence-corrected chi connectivity index (χ3v) is 2.88. The molecule has 0 amide bonds. The molecular weight excluding hydrogens is 176 g/mol. The van der Waals surface area contributed by atoms with Gasteiger partial charge in [-0.3, -0.25) is 5.84 Å². The van der Waals surface area contributed by atoms with Crippen molar-refractivity contribution in [3.63, 3.8) is 0 Å². The SMILES string of the molecule is CCCCC(CC)CN(N)CC1CO1. The standard InChI is InChI=1S/C11H24N2O/c1-3-5-6-10(4-2)7-13(12)8-11-9-14-11/h10-11H,3-9,12H2,1-2H3. The van der Waals surface area contributed by atoms with E-state index in [4.69, 9.17) is 10.6 Å². The fourth-order valence-corrected chi connectivity index (χ4v) is 1.76. The van der Waals surface area contributed by atoms with E-state index >= 15 is 0 Å². The first-order valence-corrected chi connectivity index (χ1v) is 5.87. The van der Waals surface area contributed by atoms with Crippen LogP contribution in [0.5, 0.6) is 0 Å². The molecule has 3 nitrogen and oxygen atoms in total. The molecular formula is C11H24N2O. The Bertz CT molecular complexity index is 148. The molecule has 0 aromatic carbocycles. The van der Waals surface area contributed by atoms with Gasteiger partial charge in [0, 0.05) is 13.1 Å². The minimum atomic E-state index is 0.420. The lowest BCUT2D eigenvalue weighted by Gasteiger charge is -2.21. The maximum atomic E-state index is 5.92. The molecule has 0 aliphatic carbocycles. The highest BCUT2D eigenvalue weighted by Crippen LogP contribution is 2.15. The molecule has 1 aliphatic rings. The van der Waals surface area contributed by atoms with Crippen LogP contribution in [0.4, 0.5) is 0 Å². The Morgan fingerprint density at radius 1 is 1.50 bits per heavy atom. The van der Waals surface area contributed by atoms with Crippen LogP contribution in [0.25, 0.3) is 0 Å². The smallest absolute Gasteiger partial charge is 0.0950 e. The highest BCUT2D eigenvalue weighted by molar-refractivity contribution is 4.73. The summed E-state index contributed by atoms with van der Waals surface area (Å²) in [5.41, 5.74) is 0. The molecule has 1 fully saturated rings. The van der Waals surface area contributed by atoms with Crippen LogP contribution in [-0.4, -0.2) is 30.8 Å². The lowest BCUT2D eigenvalue weighted by atomic mass is 9.99. The minimum Gasteiger partial charge on any atom is -0.372 e. The summed E-state index contributed by atoms with van der Waals surface area (Å²) in [5.74, 6) is 6.68. The van der Waals surface area contributed by atoms with Crippen molar-refractivity contribution in [2.24, 2.45) is 11.8 Å². The molecule has 0 bridgehead atoms. The number of epoxide rings is 1. The largest absolute Gasteiger partial charge is 0.372 e. The molecule has 0 spiro atoms. The lowest BCUT2D eigenvalue weighted by molar-refractivity contribution is 0.204. The molecule has 1 aliphatic heterocycles. The molecule has 0 aromatic heterocycles. The van der Waals surface area contributed by atoms with Crippen LogP contribution in [-0.2, 0) is 4.74 Å². The fraction of sp³-hybridized carbons (Fsp3) is 1.00. The predicted molar refractivity (Wildman–Crippen MR) is 58.8 cm³/mol. The number of nitrogens with two attached hydrogens (primary N) is 1. The van der Waals surface area contributed by atoms with Gasteiger partial charge in [0.1, 0.15) is 0 Å². The summed E-state index contributed by atoms with van der Waals surface area (Å²) in [6.07, 6.45) is 5.58. The monoisotopic (exact) mass is 200 g/mol. The Kier molecular flexibility index (Phi) is 5.45. The van der Waals surface area contributed by atoms with Crippen LogP contribution in [0, 0.1) is 5.92 Å². The quantitative estimate of drug-likeness (QED) is 0.369. The van der Waals surface area contributed by atoms with Crippen molar-refractivity contribution in [1.29, 1.82) is 0 Å². The number of hydrazine groups is 1. The van der Waals surface area contributed by atoms with E-state index in [1.165, 1.54) is 25.7 Å². The Morgan fingerprint density at radius 2 is 2.21 bits per heavy atom. The maximum Gasteiger partial charge on any atom is 0.0950 e. The molecule has 1 heterocycles. The van der Waals surface area contributed by atoms with E-state index in [9.17, 15) is 0 Å². The van der Waals surface area contributed by atoms with E-state index in [1.807, 2.05) is 5.01 Å². The number of nitrogens with zero attached hydrogens (tertiary/aromatic N) is 1. The van der Waals surface area contributed by atoms with Crippen molar-refractivity contribution in [2.45, 2.75) is 45.6 Å². The molecule has 0 saturated carbocycles. The van der Waals surface area contributed by atoms with Crippen LogP contribution in [0.3, 0.4) is 0 Å². The molecule has 1 rings (SSSR count).